The normalized spacial score (nSPS) is 27.7. The Labute approximate surface area is 301 Å². The molecule has 0 spiro atoms. The van der Waals surface area contributed by atoms with Gasteiger partial charge in [-0.3, -0.25) is 24.1 Å². The quantitative estimate of drug-likeness (QED) is 0.174. The number of hydrogen-bond donors (Lipinski definition) is 1. The molecule has 2 aliphatic heterocycles. The number of hydrogen-bond acceptors (Lipinski definition) is 6. The van der Waals surface area contributed by atoms with Crippen molar-refractivity contribution in [3.63, 3.8) is 0 Å². The molecular formula is C45H35NO6. The number of carbonyl (C=O) groups is 4. The first-order chi connectivity index (χ1) is 25.3. The van der Waals surface area contributed by atoms with Crippen LogP contribution < -0.4 is 9.64 Å². The van der Waals surface area contributed by atoms with E-state index in [0.29, 0.717) is 41.0 Å². The van der Waals surface area contributed by atoms with E-state index in [2.05, 4.69) is 12.7 Å². The van der Waals surface area contributed by atoms with Gasteiger partial charge in [0.05, 0.1) is 29.2 Å². The number of benzene rings is 4. The average Bonchev–Trinajstić information content (AvgIpc) is 3.44. The second kappa shape index (κ2) is 12.0. The lowest BCUT2D eigenvalue weighted by Crippen LogP contribution is -2.60. The van der Waals surface area contributed by atoms with Gasteiger partial charge in [-0.15, -0.1) is 0 Å². The summed E-state index contributed by atoms with van der Waals surface area (Å²) in [6.07, 6.45) is 7.87. The maximum absolute atomic E-state index is 15.2. The standard InChI is InChI=1S/C45H35NO6/c1-2-26-13-15-31(16-14-26)46-43(50)34-19-18-33-36(40(34)44(46)51)23-37-42(49)35(27-9-5-3-6-10-27)24-39(48)45(37,30-11-7-4-8-12-30)41(33)29-21-28-22-32(47)17-20-38(28)52-25-29/h2-18,20,22,24-25,34,36-37,40-41,47H,1,19,21,23H2. The molecule has 5 aliphatic rings. The van der Waals surface area contributed by atoms with Crippen LogP contribution in [0.5, 0.6) is 11.5 Å². The molecule has 7 nitrogen and oxygen atoms in total. The van der Waals surface area contributed by atoms with Gasteiger partial charge in [-0.25, -0.2) is 0 Å². The van der Waals surface area contributed by atoms with Gasteiger partial charge in [-0.1, -0.05) is 97.1 Å². The molecule has 256 valence electrons. The van der Waals surface area contributed by atoms with E-state index >= 15 is 9.59 Å². The van der Waals surface area contributed by atoms with Crippen molar-refractivity contribution in [2.24, 2.45) is 29.6 Å². The highest BCUT2D eigenvalue weighted by molar-refractivity contribution is 6.31. The maximum atomic E-state index is 15.2. The minimum atomic E-state index is -1.35. The molecule has 0 radical (unpaired) electrons. The van der Waals surface area contributed by atoms with Gasteiger partial charge in [0.25, 0.3) is 0 Å². The van der Waals surface area contributed by atoms with Gasteiger partial charge in [0.2, 0.25) is 11.8 Å². The van der Waals surface area contributed by atoms with Crippen LogP contribution in [0, 0.1) is 29.6 Å². The Bertz CT molecular complexity index is 2280. The van der Waals surface area contributed by atoms with Gasteiger partial charge >= 0.3 is 0 Å². The summed E-state index contributed by atoms with van der Waals surface area (Å²) in [5.74, 6) is -3.50. The molecule has 6 atom stereocenters. The number of carbonyl (C=O) groups excluding carboxylic acids is 4. The summed E-state index contributed by atoms with van der Waals surface area (Å²) in [6.45, 7) is 3.82. The predicted octanol–water partition coefficient (Wildman–Crippen LogP) is 7.42. The summed E-state index contributed by atoms with van der Waals surface area (Å²) in [4.78, 5) is 60.4. The number of anilines is 1. The highest BCUT2D eigenvalue weighted by atomic mass is 16.5. The Morgan fingerprint density at radius 2 is 1.58 bits per heavy atom. The molecular weight excluding hydrogens is 650 g/mol. The van der Waals surface area contributed by atoms with Gasteiger partial charge < -0.3 is 9.84 Å². The third-order valence-corrected chi connectivity index (χ3v) is 11.9. The number of nitrogens with zero attached hydrogens (tertiary/aromatic N) is 1. The van der Waals surface area contributed by atoms with E-state index in [1.807, 2.05) is 72.8 Å². The average molecular weight is 686 g/mol. The van der Waals surface area contributed by atoms with Crippen LogP contribution in [-0.4, -0.2) is 28.5 Å². The number of imide groups is 1. The number of Topliss-reactive ketones (excluding diaryl/α,β-unsaturated/α-hetero) is 1. The molecule has 7 heteroatoms. The molecule has 52 heavy (non-hydrogen) atoms. The van der Waals surface area contributed by atoms with E-state index in [4.69, 9.17) is 4.74 Å². The fraction of sp³-hybridized carbons (Fsp3) is 0.200. The molecule has 1 saturated carbocycles. The second-order valence-electron chi connectivity index (χ2n) is 14.4. The van der Waals surface area contributed by atoms with Crippen molar-refractivity contribution >= 4 is 40.7 Å². The summed E-state index contributed by atoms with van der Waals surface area (Å²) in [7, 11) is 0. The molecule has 4 aromatic rings. The molecule has 0 aromatic heterocycles. The predicted molar refractivity (Wildman–Crippen MR) is 197 cm³/mol. The van der Waals surface area contributed by atoms with Gasteiger partial charge in [-0.2, -0.15) is 0 Å². The maximum Gasteiger partial charge on any atom is 0.238 e. The van der Waals surface area contributed by atoms with Crippen LogP contribution >= 0.6 is 0 Å². The molecule has 1 N–H and O–H groups in total. The number of phenols is 1. The number of amides is 2. The first-order valence-corrected chi connectivity index (χ1v) is 17.7. The first-order valence-electron chi connectivity index (χ1n) is 17.7. The number of aromatic hydroxyl groups is 1. The number of ether oxygens (including phenoxy) is 1. The number of ketones is 2. The van der Waals surface area contributed by atoms with Crippen LogP contribution in [0.4, 0.5) is 5.69 Å². The smallest absolute Gasteiger partial charge is 0.238 e. The van der Waals surface area contributed by atoms with E-state index < -0.39 is 35.0 Å². The molecule has 9 rings (SSSR count). The third-order valence-electron chi connectivity index (χ3n) is 11.9. The molecule has 0 bridgehead atoms. The van der Waals surface area contributed by atoms with Gasteiger partial charge in [0, 0.05) is 29.4 Å². The summed E-state index contributed by atoms with van der Waals surface area (Å²) in [5, 5.41) is 10.4. The molecule has 6 unspecified atom stereocenters. The SMILES string of the molecule is C=Cc1ccc(N2C(=O)C3CC=C4C(CC5C(=O)C(c6ccccc6)=CC(=O)C5(c5ccccc5)C4C4=COc5ccc(O)cc5C4)C3C2=O)cc1. The molecule has 2 amide bonds. The number of allylic oxidation sites excluding steroid dienone is 5. The van der Waals surface area contributed by atoms with Crippen LogP contribution in [-0.2, 0) is 31.0 Å². The number of fused-ring (bicyclic) bond motifs is 5. The van der Waals surface area contributed by atoms with Gasteiger partial charge in [0.1, 0.15) is 11.5 Å². The minimum absolute atomic E-state index is 0.0936. The third kappa shape index (κ3) is 4.58. The number of rotatable bonds is 5. The van der Waals surface area contributed by atoms with Crippen LogP contribution in [0.2, 0.25) is 0 Å². The van der Waals surface area contributed by atoms with Crippen LogP contribution in [0.3, 0.4) is 0 Å². The Hall–Kier alpha value is -6.08. The molecule has 4 aromatic carbocycles. The van der Waals surface area contributed by atoms with Crippen molar-refractivity contribution in [3.05, 3.63) is 162 Å². The zero-order valence-electron chi connectivity index (χ0n) is 28.3. The number of phenolic OH excluding ortho intramolecular Hbond substituents is 1. The van der Waals surface area contributed by atoms with Crippen molar-refractivity contribution < 1.29 is 29.0 Å². The lowest BCUT2D eigenvalue weighted by molar-refractivity contribution is -0.136. The lowest BCUT2D eigenvalue weighted by Gasteiger charge is -2.56. The van der Waals surface area contributed by atoms with Crippen molar-refractivity contribution in [2.45, 2.75) is 24.7 Å². The molecule has 1 saturated heterocycles. The summed E-state index contributed by atoms with van der Waals surface area (Å²) >= 11 is 0. The van der Waals surface area contributed by atoms with Gasteiger partial charge in [-0.05, 0) is 77.4 Å². The fourth-order valence-electron chi connectivity index (χ4n) is 9.70. The topological polar surface area (TPSA) is 101 Å². The Kier molecular flexibility index (Phi) is 7.36. The summed E-state index contributed by atoms with van der Waals surface area (Å²) in [5.41, 5.74) is 4.16. The lowest BCUT2D eigenvalue weighted by atomic mass is 9.44. The highest BCUT2D eigenvalue weighted by Crippen LogP contribution is 2.63. The summed E-state index contributed by atoms with van der Waals surface area (Å²) in [6, 6.07) is 30.9. The van der Waals surface area contributed by atoms with Crippen LogP contribution in [0.25, 0.3) is 11.6 Å². The second-order valence-corrected chi connectivity index (χ2v) is 14.4. The Morgan fingerprint density at radius 1 is 0.846 bits per heavy atom. The van der Waals surface area contributed by atoms with E-state index in [0.717, 1.165) is 22.3 Å². The fourth-order valence-corrected chi connectivity index (χ4v) is 9.70. The molecule has 2 fully saturated rings. The van der Waals surface area contributed by atoms with E-state index in [9.17, 15) is 14.7 Å². The van der Waals surface area contributed by atoms with Gasteiger partial charge in [0.15, 0.2) is 11.6 Å². The van der Waals surface area contributed by atoms with Crippen molar-refractivity contribution in [1.29, 1.82) is 0 Å². The van der Waals surface area contributed by atoms with Crippen LogP contribution in [0.1, 0.15) is 35.1 Å². The minimum Gasteiger partial charge on any atom is -0.508 e. The van der Waals surface area contributed by atoms with Crippen molar-refractivity contribution in [1.82, 2.24) is 0 Å². The van der Waals surface area contributed by atoms with Crippen molar-refractivity contribution in [3.8, 4) is 11.5 Å². The largest absolute Gasteiger partial charge is 0.508 e. The molecule has 2 heterocycles. The summed E-state index contributed by atoms with van der Waals surface area (Å²) < 4.78 is 6.21. The Morgan fingerprint density at radius 3 is 2.31 bits per heavy atom. The zero-order valence-corrected chi connectivity index (χ0v) is 28.3. The monoisotopic (exact) mass is 685 g/mol. The van der Waals surface area contributed by atoms with Crippen LogP contribution in [0.15, 0.2) is 139 Å². The van der Waals surface area contributed by atoms with Crippen molar-refractivity contribution in [2.75, 3.05) is 4.90 Å². The zero-order chi connectivity index (χ0) is 35.7. The van der Waals surface area contributed by atoms with E-state index in [-0.39, 0.29) is 35.6 Å². The first kappa shape index (κ1) is 31.9. The highest BCUT2D eigenvalue weighted by Gasteiger charge is 2.66. The van der Waals surface area contributed by atoms with E-state index in [1.165, 1.54) is 11.0 Å². The van der Waals surface area contributed by atoms with E-state index in [1.54, 1.807) is 42.7 Å². The molecule has 3 aliphatic carbocycles. The Balaban J connectivity index is 1.24.